The Labute approximate surface area is 121 Å². The molecule has 0 spiro atoms. The summed E-state index contributed by atoms with van der Waals surface area (Å²) in [6.45, 7) is 4.87. The quantitative estimate of drug-likeness (QED) is 0.823. The number of hydrogen-bond acceptors (Lipinski definition) is 3. The average molecular weight is 273 g/mol. The van der Waals surface area contributed by atoms with Crippen molar-refractivity contribution in [1.82, 2.24) is 4.90 Å². The van der Waals surface area contributed by atoms with E-state index in [0.29, 0.717) is 12.3 Å². The molecule has 0 aromatic heterocycles. The van der Waals surface area contributed by atoms with Gasteiger partial charge in [0.15, 0.2) is 0 Å². The van der Waals surface area contributed by atoms with Crippen molar-refractivity contribution in [3.63, 3.8) is 0 Å². The summed E-state index contributed by atoms with van der Waals surface area (Å²) < 4.78 is 0. The first-order valence-electron chi connectivity index (χ1n) is 7.28. The van der Waals surface area contributed by atoms with Gasteiger partial charge in [-0.2, -0.15) is 0 Å². The van der Waals surface area contributed by atoms with Crippen LogP contribution in [0.5, 0.6) is 0 Å². The number of rotatable bonds is 3. The molecule has 1 aliphatic heterocycles. The second-order valence-corrected chi connectivity index (χ2v) is 5.54. The van der Waals surface area contributed by atoms with Gasteiger partial charge in [-0.3, -0.25) is 4.90 Å². The van der Waals surface area contributed by atoms with Crippen LogP contribution in [0.4, 0.5) is 0 Å². The number of benzene rings is 1. The van der Waals surface area contributed by atoms with Crippen molar-refractivity contribution in [2.45, 2.75) is 32.4 Å². The lowest BCUT2D eigenvalue weighted by Gasteiger charge is -2.34. The fourth-order valence-electron chi connectivity index (χ4n) is 2.48. The van der Waals surface area contributed by atoms with Crippen molar-refractivity contribution in [3.8, 4) is 11.8 Å². The highest BCUT2D eigenvalue weighted by Crippen LogP contribution is 2.19. The number of piperidine rings is 1. The van der Waals surface area contributed by atoms with E-state index in [1.54, 1.807) is 0 Å². The Kier molecular flexibility index (Phi) is 5.60. The van der Waals surface area contributed by atoms with E-state index >= 15 is 0 Å². The number of aliphatic hydroxyl groups is 2. The molecule has 0 aliphatic carbocycles. The molecular weight excluding hydrogens is 250 g/mol. The fourth-order valence-corrected chi connectivity index (χ4v) is 2.48. The molecule has 20 heavy (non-hydrogen) atoms. The standard InChI is InChI=1S/C17H23NO2/c1-14-8-9-18(13-17(14)20)12-16-7-4-6-15(11-16)5-2-3-10-19/h4,6-7,11,14,17,19-20H,3,8-10,12-13H2,1H3. The molecular formula is C17H23NO2. The van der Waals surface area contributed by atoms with Gasteiger partial charge >= 0.3 is 0 Å². The topological polar surface area (TPSA) is 43.7 Å². The molecule has 108 valence electrons. The zero-order chi connectivity index (χ0) is 14.4. The first-order valence-corrected chi connectivity index (χ1v) is 7.28. The highest BCUT2D eigenvalue weighted by Gasteiger charge is 2.23. The third-order valence-electron chi connectivity index (χ3n) is 3.81. The Morgan fingerprint density at radius 3 is 3.00 bits per heavy atom. The summed E-state index contributed by atoms with van der Waals surface area (Å²) in [4.78, 5) is 2.30. The van der Waals surface area contributed by atoms with Gasteiger partial charge in [0.25, 0.3) is 0 Å². The van der Waals surface area contributed by atoms with Gasteiger partial charge in [-0.15, -0.1) is 0 Å². The van der Waals surface area contributed by atoms with Gasteiger partial charge < -0.3 is 10.2 Å². The average Bonchev–Trinajstić information content (AvgIpc) is 2.44. The lowest BCUT2D eigenvalue weighted by Crippen LogP contribution is -2.42. The minimum absolute atomic E-state index is 0.108. The normalized spacial score (nSPS) is 23.1. The van der Waals surface area contributed by atoms with Gasteiger partial charge in [0.05, 0.1) is 12.7 Å². The molecule has 2 rings (SSSR count). The highest BCUT2D eigenvalue weighted by atomic mass is 16.3. The van der Waals surface area contributed by atoms with E-state index in [0.717, 1.165) is 31.6 Å². The van der Waals surface area contributed by atoms with Crippen LogP contribution in [0, 0.1) is 17.8 Å². The van der Waals surface area contributed by atoms with Crippen LogP contribution in [0.15, 0.2) is 24.3 Å². The Morgan fingerprint density at radius 2 is 2.25 bits per heavy atom. The Bertz CT molecular complexity index is 489. The van der Waals surface area contributed by atoms with E-state index in [2.05, 4.69) is 35.8 Å². The Balaban J connectivity index is 1.96. The van der Waals surface area contributed by atoms with Crippen molar-refractivity contribution >= 4 is 0 Å². The smallest absolute Gasteiger partial charge is 0.0693 e. The summed E-state index contributed by atoms with van der Waals surface area (Å²) in [6, 6.07) is 8.19. The van der Waals surface area contributed by atoms with Crippen LogP contribution in [0.2, 0.25) is 0 Å². The Hall–Kier alpha value is -1.34. The summed E-state index contributed by atoms with van der Waals surface area (Å²) in [6.07, 6.45) is 1.36. The fraction of sp³-hybridized carbons (Fsp3) is 0.529. The number of hydrogen-bond donors (Lipinski definition) is 2. The molecule has 2 unspecified atom stereocenters. The van der Waals surface area contributed by atoms with E-state index in [1.165, 1.54) is 5.56 Å². The van der Waals surface area contributed by atoms with E-state index in [-0.39, 0.29) is 12.7 Å². The molecule has 0 radical (unpaired) electrons. The van der Waals surface area contributed by atoms with Gasteiger partial charge in [-0.05, 0) is 36.6 Å². The molecule has 1 aliphatic rings. The van der Waals surface area contributed by atoms with Crippen LogP contribution < -0.4 is 0 Å². The van der Waals surface area contributed by atoms with Crippen LogP contribution in [-0.4, -0.2) is 40.9 Å². The van der Waals surface area contributed by atoms with E-state index in [1.807, 2.05) is 12.1 Å². The summed E-state index contributed by atoms with van der Waals surface area (Å²) in [7, 11) is 0. The molecule has 1 aromatic rings. The largest absolute Gasteiger partial charge is 0.395 e. The summed E-state index contributed by atoms with van der Waals surface area (Å²) in [5.74, 6) is 6.41. The molecule has 1 saturated heterocycles. The number of likely N-dealkylation sites (tertiary alicyclic amines) is 1. The van der Waals surface area contributed by atoms with E-state index in [9.17, 15) is 5.11 Å². The highest BCUT2D eigenvalue weighted by molar-refractivity contribution is 5.37. The van der Waals surface area contributed by atoms with Crippen LogP contribution in [0.3, 0.4) is 0 Å². The van der Waals surface area contributed by atoms with Gasteiger partial charge in [0.1, 0.15) is 0 Å². The number of nitrogens with zero attached hydrogens (tertiary/aromatic N) is 1. The minimum Gasteiger partial charge on any atom is -0.395 e. The zero-order valence-corrected chi connectivity index (χ0v) is 12.0. The SMILES string of the molecule is CC1CCN(Cc2cccc(C#CCCO)c2)CC1O. The maximum absolute atomic E-state index is 9.94. The molecule has 1 heterocycles. The maximum atomic E-state index is 9.94. The molecule has 1 fully saturated rings. The second kappa shape index (κ2) is 7.44. The lowest BCUT2D eigenvalue weighted by atomic mass is 9.95. The van der Waals surface area contributed by atoms with Gasteiger partial charge in [-0.25, -0.2) is 0 Å². The van der Waals surface area contributed by atoms with Crippen molar-refractivity contribution in [1.29, 1.82) is 0 Å². The first-order chi connectivity index (χ1) is 9.69. The monoisotopic (exact) mass is 273 g/mol. The third kappa shape index (κ3) is 4.35. The van der Waals surface area contributed by atoms with Gasteiger partial charge in [0.2, 0.25) is 0 Å². The third-order valence-corrected chi connectivity index (χ3v) is 3.81. The molecule has 0 amide bonds. The van der Waals surface area contributed by atoms with E-state index < -0.39 is 0 Å². The van der Waals surface area contributed by atoms with Gasteiger partial charge in [0, 0.05) is 25.1 Å². The number of β-amino-alcohol motifs (C(OH)–C–C–N with tert-alkyl or cyclic N) is 1. The molecule has 0 bridgehead atoms. The molecule has 0 saturated carbocycles. The van der Waals surface area contributed by atoms with Crippen LogP contribution in [0.1, 0.15) is 30.9 Å². The second-order valence-electron chi connectivity index (χ2n) is 5.54. The van der Waals surface area contributed by atoms with Crippen LogP contribution >= 0.6 is 0 Å². The van der Waals surface area contributed by atoms with Gasteiger partial charge in [-0.1, -0.05) is 30.9 Å². The summed E-state index contributed by atoms with van der Waals surface area (Å²) in [5, 5.41) is 18.7. The van der Waals surface area contributed by atoms with E-state index in [4.69, 9.17) is 5.11 Å². The summed E-state index contributed by atoms with van der Waals surface area (Å²) >= 11 is 0. The van der Waals surface area contributed by atoms with Crippen molar-refractivity contribution in [3.05, 3.63) is 35.4 Å². The molecule has 2 atom stereocenters. The first kappa shape index (κ1) is 15.1. The van der Waals surface area contributed by atoms with Crippen LogP contribution in [-0.2, 0) is 6.54 Å². The lowest BCUT2D eigenvalue weighted by molar-refractivity contribution is 0.0259. The predicted octanol–water partition coefficient (Wildman–Crippen LogP) is 1.62. The van der Waals surface area contributed by atoms with Crippen molar-refractivity contribution in [2.75, 3.05) is 19.7 Å². The maximum Gasteiger partial charge on any atom is 0.0693 e. The predicted molar refractivity (Wildman–Crippen MR) is 80.1 cm³/mol. The minimum atomic E-state index is -0.212. The molecule has 3 heteroatoms. The zero-order valence-electron chi connectivity index (χ0n) is 12.0. The molecule has 1 aromatic carbocycles. The van der Waals surface area contributed by atoms with Crippen LogP contribution in [0.25, 0.3) is 0 Å². The van der Waals surface area contributed by atoms with Crippen molar-refractivity contribution < 1.29 is 10.2 Å². The summed E-state index contributed by atoms with van der Waals surface area (Å²) in [5.41, 5.74) is 2.21. The number of aliphatic hydroxyl groups excluding tert-OH is 2. The molecule has 3 nitrogen and oxygen atoms in total. The Morgan fingerprint density at radius 1 is 1.40 bits per heavy atom. The molecule has 2 N–H and O–H groups in total. The van der Waals surface area contributed by atoms with Crippen molar-refractivity contribution in [2.24, 2.45) is 5.92 Å².